The molecule has 1 aliphatic carbocycles. The highest BCUT2D eigenvalue weighted by molar-refractivity contribution is 5.91. The highest BCUT2D eigenvalue weighted by Crippen LogP contribution is 2.46. The summed E-state index contributed by atoms with van der Waals surface area (Å²) in [6.45, 7) is 0.0164. The van der Waals surface area contributed by atoms with Crippen molar-refractivity contribution in [2.45, 2.75) is 37.3 Å². The number of pyridine rings is 1. The number of benzene rings is 1. The van der Waals surface area contributed by atoms with Crippen LogP contribution in [0.3, 0.4) is 0 Å². The Labute approximate surface area is 176 Å². The van der Waals surface area contributed by atoms with E-state index in [0.29, 0.717) is 11.5 Å². The summed E-state index contributed by atoms with van der Waals surface area (Å²) in [5.74, 6) is -2.58. The third kappa shape index (κ3) is 3.96. The van der Waals surface area contributed by atoms with E-state index in [-0.39, 0.29) is 25.2 Å². The highest BCUT2D eigenvalue weighted by atomic mass is 19.4. The highest BCUT2D eigenvalue weighted by Gasteiger charge is 2.54. The van der Waals surface area contributed by atoms with Gasteiger partial charge in [-0.2, -0.15) is 13.2 Å². The summed E-state index contributed by atoms with van der Waals surface area (Å²) in [5.41, 5.74) is 4.99. The molecule has 1 amide bonds. The van der Waals surface area contributed by atoms with Crippen LogP contribution < -0.4 is 10.6 Å². The van der Waals surface area contributed by atoms with Crippen molar-refractivity contribution in [3.63, 3.8) is 0 Å². The first kappa shape index (κ1) is 21.1. The Kier molecular flexibility index (Phi) is 5.15. The van der Waals surface area contributed by atoms with Gasteiger partial charge in [0.1, 0.15) is 5.41 Å². The van der Waals surface area contributed by atoms with Crippen molar-refractivity contribution in [1.82, 2.24) is 4.98 Å². The van der Waals surface area contributed by atoms with Crippen molar-refractivity contribution in [3.05, 3.63) is 59.4 Å². The SMILES string of the molecule is NC(=O)C(c1ccc(C2CC2)cc1)[C@@]1(C(=O)O)CCN(c2cncc(C(F)(F)F)c2)C1. The maximum atomic E-state index is 13.1. The number of aromatic nitrogens is 1. The number of amides is 1. The minimum Gasteiger partial charge on any atom is -0.481 e. The number of aliphatic carboxylic acids is 1. The molecule has 2 atom stereocenters. The van der Waals surface area contributed by atoms with E-state index in [2.05, 4.69) is 4.98 Å². The molecule has 164 valence electrons. The second-order valence-electron chi connectivity index (χ2n) is 8.34. The molecule has 0 spiro atoms. The average molecular weight is 433 g/mol. The van der Waals surface area contributed by atoms with Crippen LogP contribution in [0.1, 0.15) is 47.8 Å². The lowest BCUT2D eigenvalue weighted by Gasteiger charge is -2.32. The summed E-state index contributed by atoms with van der Waals surface area (Å²) in [6.07, 6.45) is -0.300. The number of carboxylic acids is 1. The first-order valence-corrected chi connectivity index (χ1v) is 10.0. The third-order valence-corrected chi connectivity index (χ3v) is 6.30. The summed E-state index contributed by atoms with van der Waals surface area (Å²) >= 11 is 0. The van der Waals surface area contributed by atoms with E-state index in [9.17, 15) is 27.9 Å². The molecule has 1 aromatic heterocycles. The summed E-state index contributed by atoms with van der Waals surface area (Å²) in [7, 11) is 0. The van der Waals surface area contributed by atoms with Crippen LogP contribution in [0.5, 0.6) is 0 Å². The number of carbonyl (C=O) groups is 2. The van der Waals surface area contributed by atoms with E-state index >= 15 is 0 Å². The molecule has 1 unspecified atom stereocenters. The number of nitrogens with zero attached hydrogens (tertiary/aromatic N) is 2. The zero-order valence-corrected chi connectivity index (χ0v) is 16.6. The molecule has 2 aliphatic rings. The van der Waals surface area contributed by atoms with Gasteiger partial charge in [-0.3, -0.25) is 14.6 Å². The van der Waals surface area contributed by atoms with Crippen molar-refractivity contribution in [1.29, 1.82) is 0 Å². The van der Waals surface area contributed by atoms with Gasteiger partial charge in [0.25, 0.3) is 0 Å². The summed E-state index contributed by atoms with van der Waals surface area (Å²) in [5, 5.41) is 10.1. The first-order chi connectivity index (χ1) is 14.6. The first-order valence-electron chi connectivity index (χ1n) is 10.0. The Balaban J connectivity index is 1.67. The largest absolute Gasteiger partial charge is 0.481 e. The van der Waals surface area contributed by atoms with Gasteiger partial charge in [-0.1, -0.05) is 24.3 Å². The monoisotopic (exact) mass is 433 g/mol. The summed E-state index contributed by atoms with van der Waals surface area (Å²) in [6, 6.07) is 8.20. The van der Waals surface area contributed by atoms with Gasteiger partial charge >= 0.3 is 12.1 Å². The van der Waals surface area contributed by atoms with Gasteiger partial charge in [0.15, 0.2) is 0 Å². The van der Waals surface area contributed by atoms with Crippen LogP contribution >= 0.6 is 0 Å². The molecule has 2 fully saturated rings. The number of carbonyl (C=O) groups excluding carboxylic acids is 1. The van der Waals surface area contributed by atoms with Crippen LogP contribution in [-0.2, 0) is 15.8 Å². The number of carboxylic acid groups (broad SMARTS) is 1. The van der Waals surface area contributed by atoms with Gasteiger partial charge in [0.05, 0.1) is 23.4 Å². The molecule has 3 N–H and O–H groups in total. The molecule has 9 heteroatoms. The number of anilines is 1. The van der Waals surface area contributed by atoms with Gasteiger partial charge in [0.2, 0.25) is 5.91 Å². The number of hydrogen-bond donors (Lipinski definition) is 2. The summed E-state index contributed by atoms with van der Waals surface area (Å²) in [4.78, 5) is 30.0. The lowest BCUT2D eigenvalue weighted by molar-refractivity contribution is -0.151. The zero-order valence-electron chi connectivity index (χ0n) is 16.6. The van der Waals surface area contributed by atoms with E-state index < -0.39 is 34.9 Å². The minimum absolute atomic E-state index is 0.0660. The molecular weight excluding hydrogens is 411 g/mol. The molecule has 0 bridgehead atoms. The summed E-state index contributed by atoms with van der Waals surface area (Å²) < 4.78 is 39.2. The quantitative estimate of drug-likeness (QED) is 0.727. The molecule has 1 saturated carbocycles. The Morgan fingerprint density at radius 3 is 2.42 bits per heavy atom. The fraction of sp³-hybridized carbons (Fsp3) is 0.409. The van der Waals surface area contributed by atoms with Crippen molar-refractivity contribution >= 4 is 17.6 Å². The maximum Gasteiger partial charge on any atom is 0.417 e. The van der Waals surface area contributed by atoms with Crippen LogP contribution in [0.2, 0.25) is 0 Å². The number of alkyl halides is 3. The van der Waals surface area contributed by atoms with Gasteiger partial charge in [-0.25, -0.2) is 0 Å². The molecule has 2 heterocycles. The molecular formula is C22H22F3N3O3. The van der Waals surface area contributed by atoms with E-state index in [0.717, 1.165) is 30.7 Å². The zero-order chi connectivity index (χ0) is 22.4. The average Bonchev–Trinajstić information content (AvgIpc) is 3.47. The third-order valence-electron chi connectivity index (χ3n) is 6.30. The number of primary amides is 1. The minimum atomic E-state index is -4.56. The van der Waals surface area contributed by atoms with Crippen LogP contribution in [0.15, 0.2) is 42.7 Å². The molecule has 31 heavy (non-hydrogen) atoms. The second kappa shape index (κ2) is 7.55. The standard InChI is InChI=1S/C22H22F3N3O3/c23-22(24,25)16-9-17(11-27-10-16)28-8-7-21(12-28,20(30)31)18(19(26)29)15-5-3-14(4-6-15)13-1-2-13/h3-6,9-11,13,18H,1-2,7-8,12H2,(H2,26,29)(H,30,31)/t18?,21-/m1/s1. The van der Waals surface area contributed by atoms with Gasteiger partial charge in [-0.05, 0) is 42.4 Å². The lowest BCUT2D eigenvalue weighted by atomic mass is 9.70. The predicted octanol–water partition coefficient (Wildman–Crippen LogP) is 3.53. The van der Waals surface area contributed by atoms with Crippen LogP contribution in [0, 0.1) is 5.41 Å². The van der Waals surface area contributed by atoms with E-state index in [1.807, 2.05) is 12.1 Å². The molecule has 1 aromatic carbocycles. The molecule has 1 saturated heterocycles. The van der Waals surface area contributed by atoms with Crippen molar-refractivity contribution in [2.24, 2.45) is 11.1 Å². The van der Waals surface area contributed by atoms with Gasteiger partial charge < -0.3 is 15.7 Å². The molecule has 1 aliphatic heterocycles. The predicted molar refractivity (Wildman–Crippen MR) is 106 cm³/mol. The van der Waals surface area contributed by atoms with Crippen LogP contribution in [-0.4, -0.2) is 35.1 Å². The van der Waals surface area contributed by atoms with E-state index in [1.165, 1.54) is 11.1 Å². The molecule has 0 radical (unpaired) electrons. The van der Waals surface area contributed by atoms with Crippen LogP contribution in [0.4, 0.5) is 18.9 Å². The number of rotatable bonds is 6. The second-order valence-corrected chi connectivity index (χ2v) is 8.34. The van der Waals surface area contributed by atoms with Crippen molar-refractivity contribution < 1.29 is 27.9 Å². The molecule has 4 rings (SSSR count). The number of hydrogen-bond acceptors (Lipinski definition) is 4. The van der Waals surface area contributed by atoms with Gasteiger partial charge in [0, 0.05) is 19.3 Å². The lowest BCUT2D eigenvalue weighted by Crippen LogP contribution is -2.45. The number of nitrogens with two attached hydrogens (primary N) is 1. The maximum absolute atomic E-state index is 13.1. The van der Waals surface area contributed by atoms with Crippen molar-refractivity contribution in [3.8, 4) is 0 Å². The van der Waals surface area contributed by atoms with Crippen molar-refractivity contribution in [2.75, 3.05) is 18.0 Å². The Morgan fingerprint density at radius 2 is 1.87 bits per heavy atom. The fourth-order valence-electron chi connectivity index (χ4n) is 4.48. The molecule has 2 aromatic rings. The number of halogens is 3. The fourth-order valence-corrected chi connectivity index (χ4v) is 4.48. The van der Waals surface area contributed by atoms with E-state index in [1.54, 1.807) is 12.1 Å². The van der Waals surface area contributed by atoms with Crippen LogP contribution in [0.25, 0.3) is 0 Å². The Morgan fingerprint density at radius 1 is 1.19 bits per heavy atom. The van der Waals surface area contributed by atoms with Gasteiger partial charge in [-0.15, -0.1) is 0 Å². The van der Waals surface area contributed by atoms with E-state index in [4.69, 9.17) is 5.73 Å². The molecule has 6 nitrogen and oxygen atoms in total. The normalized spacial score (nSPS) is 22.4. The smallest absolute Gasteiger partial charge is 0.417 e. The Bertz CT molecular complexity index is 1010. The topological polar surface area (TPSA) is 96.5 Å². The Hall–Kier alpha value is -3.10.